The Morgan fingerprint density at radius 3 is 2.67 bits per heavy atom. The molecule has 1 aromatic rings. The van der Waals surface area contributed by atoms with Gasteiger partial charge in [-0.1, -0.05) is 32.1 Å². The van der Waals surface area contributed by atoms with E-state index in [0.29, 0.717) is 4.99 Å². The average molecular weight is 306 g/mol. The largest absolute Gasteiger partial charge is 0.496 e. The molecule has 0 aromatic heterocycles. The lowest BCUT2D eigenvalue weighted by molar-refractivity contribution is 0.239. The van der Waals surface area contributed by atoms with Gasteiger partial charge in [0.1, 0.15) is 10.7 Å². The molecule has 0 spiro atoms. The van der Waals surface area contributed by atoms with Crippen LogP contribution in [-0.4, -0.2) is 29.6 Å². The third kappa shape index (κ3) is 4.68. The maximum Gasteiger partial charge on any atom is 0.129 e. The molecule has 1 aromatic carbocycles. The Kier molecular flexibility index (Phi) is 5.59. The number of hydrogen-bond acceptors (Lipinski definition) is 3. The molecule has 0 aliphatic heterocycles. The number of thiocarbonyl (C=S) groups is 1. The molecule has 21 heavy (non-hydrogen) atoms. The first-order valence-corrected chi connectivity index (χ1v) is 8.13. The second-order valence-electron chi connectivity index (χ2n) is 6.28. The van der Waals surface area contributed by atoms with E-state index in [1.54, 1.807) is 7.11 Å². The van der Waals surface area contributed by atoms with Gasteiger partial charge in [-0.25, -0.2) is 0 Å². The zero-order chi connectivity index (χ0) is 15.4. The van der Waals surface area contributed by atoms with Crippen LogP contribution in [0.4, 0.5) is 0 Å². The summed E-state index contributed by atoms with van der Waals surface area (Å²) in [7, 11) is 1.65. The highest BCUT2D eigenvalue weighted by Crippen LogP contribution is 2.30. The van der Waals surface area contributed by atoms with Crippen molar-refractivity contribution in [3.63, 3.8) is 0 Å². The molecule has 2 N–H and O–H groups in total. The summed E-state index contributed by atoms with van der Waals surface area (Å²) in [5, 5.41) is 0. The summed E-state index contributed by atoms with van der Waals surface area (Å²) in [5.74, 6) is 1.50. The van der Waals surface area contributed by atoms with Crippen LogP contribution in [0.1, 0.15) is 44.2 Å². The van der Waals surface area contributed by atoms with E-state index in [-0.39, 0.29) is 0 Å². The van der Waals surface area contributed by atoms with Crippen molar-refractivity contribution in [3.05, 3.63) is 29.3 Å². The van der Waals surface area contributed by atoms with Crippen molar-refractivity contribution in [1.82, 2.24) is 4.90 Å². The van der Waals surface area contributed by atoms with Crippen LogP contribution in [0, 0.1) is 5.92 Å². The van der Waals surface area contributed by atoms with E-state index in [9.17, 15) is 0 Å². The number of rotatable bonds is 8. The van der Waals surface area contributed by atoms with E-state index >= 15 is 0 Å². The second kappa shape index (κ2) is 7.23. The number of ether oxygens (including phenoxy) is 1. The van der Waals surface area contributed by atoms with Crippen LogP contribution in [0.2, 0.25) is 0 Å². The van der Waals surface area contributed by atoms with E-state index in [0.717, 1.165) is 36.4 Å². The molecule has 116 valence electrons. The molecule has 1 aliphatic rings. The van der Waals surface area contributed by atoms with Crippen molar-refractivity contribution in [2.45, 2.75) is 45.7 Å². The summed E-state index contributed by atoms with van der Waals surface area (Å²) < 4.78 is 5.32. The standard InChI is InChI=1S/C17H26N2OS/c1-12(2)8-9-19(14-5-6-14)11-13-4-7-16(20-3)15(10-13)17(18)21/h4,7,10,12,14H,5-6,8-9,11H2,1-3H3,(H2,18,21). The third-order valence-electron chi connectivity index (χ3n) is 3.97. The molecule has 0 radical (unpaired) electrons. The molecule has 2 rings (SSSR count). The zero-order valence-corrected chi connectivity index (χ0v) is 14.1. The van der Waals surface area contributed by atoms with Crippen LogP contribution in [0.3, 0.4) is 0 Å². The van der Waals surface area contributed by atoms with Crippen LogP contribution in [0.5, 0.6) is 5.75 Å². The lowest BCUT2D eigenvalue weighted by atomic mass is 10.1. The second-order valence-corrected chi connectivity index (χ2v) is 6.72. The van der Waals surface area contributed by atoms with Crippen molar-refractivity contribution < 1.29 is 4.74 Å². The Labute approximate surface area is 133 Å². The monoisotopic (exact) mass is 306 g/mol. The third-order valence-corrected chi connectivity index (χ3v) is 4.19. The Hall–Kier alpha value is -1.13. The zero-order valence-electron chi connectivity index (χ0n) is 13.3. The van der Waals surface area contributed by atoms with Gasteiger partial charge in [0.2, 0.25) is 0 Å². The van der Waals surface area contributed by atoms with Crippen molar-refractivity contribution in [2.75, 3.05) is 13.7 Å². The molecule has 4 heteroatoms. The van der Waals surface area contributed by atoms with Crippen molar-refractivity contribution in [2.24, 2.45) is 11.7 Å². The minimum Gasteiger partial charge on any atom is -0.496 e. The maximum absolute atomic E-state index is 5.80. The summed E-state index contributed by atoms with van der Waals surface area (Å²) in [6.07, 6.45) is 3.90. The highest BCUT2D eigenvalue weighted by atomic mass is 32.1. The molecule has 1 fully saturated rings. The fraction of sp³-hybridized carbons (Fsp3) is 0.588. The van der Waals surface area contributed by atoms with E-state index in [1.165, 1.54) is 24.8 Å². The highest BCUT2D eigenvalue weighted by molar-refractivity contribution is 7.80. The SMILES string of the molecule is COc1ccc(CN(CCC(C)C)C2CC2)cc1C(N)=S. The number of nitrogens with two attached hydrogens (primary N) is 1. The van der Waals surface area contributed by atoms with Crippen molar-refractivity contribution in [3.8, 4) is 5.75 Å². The summed E-state index contributed by atoms with van der Waals surface area (Å²) >= 11 is 5.12. The normalized spacial score (nSPS) is 14.7. The van der Waals surface area contributed by atoms with Gasteiger partial charge in [-0.15, -0.1) is 0 Å². The predicted molar refractivity (Wildman–Crippen MR) is 91.8 cm³/mol. The van der Waals surface area contributed by atoms with Gasteiger partial charge in [-0.3, -0.25) is 4.90 Å². The first-order valence-electron chi connectivity index (χ1n) is 7.72. The van der Waals surface area contributed by atoms with Crippen LogP contribution in [-0.2, 0) is 6.54 Å². The number of nitrogens with zero attached hydrogens (tertiary/aromatic N) is 1. The summed E-state index contributed by atoms with van der Waals surface area (Å²) in [4.78, 5) is 2.99. The number of hydrogen-bond donors (Lipinski definition) is 1. The first-order chi connectivity index (χ1) is 10.0. The van der Waals surface area contributed by atoms with Crippen molar-refractivity contribution in [1.29, 1.82) is 0 Å². The van der Waals surface area contributed by atoms with E-state index in [1.807, 2.05) is 6.07 Å². The van der Waals surface area contributed by atoms with Gasteiger partial charge in [0.25, 0.3) is 0 Å². The van der Waals surface area contributed by atoms with Gasteiger partial charge < -0.3 is 10.5 Å². The lowest BCUT2D eigenvalue weighted by Crippen LogP contribution is -2.27. The van der Waals surface area contributed by atoms with Gasteiger partial charge in [-0.2, -0.15) is 0 Å². The Morgan fingerprint density at radius 2 is 2.14 bits per heavy atom. The van der Waals surface area contributed by atoms with Gasteiger partial charge in [0.05, 0.1) is 12.7 Å². The minimum atomic E-state index is 0.397. The molecular weight excluding hydrogens is 280 g/mol. The molecule has 0 atom stereocenters. The van der Waals surface area contributed by atoms with Crippen LogP contribution >= 0.6 is 12.2 Å². The topological polar surface area (TPSA) is 38.5 Å². The summed E-state index contributed by atoms with van der Waals surface area (Å²) in [6.45, 7) is 6.70. The molecule has 3 nitrogen and oxygen atoms in total. The van der Waals surface area contributed by atoms with Gasteiger partial charge in [0, 0.05) is 12.6 Å². The fourth-order valence-corrected chi connectivity index (χ4v) is 2.69. The molecule has 0 saturated heterocycles. The van der Waals surface area contributed by atoms with Gasteiger partial charge in [0.15, 0.2) is 0 Å². The highest BCUT2D eigenvalue weighted by Gasteiger charge is 2.28. The molecule has 0 unspecified atom stereocenters. The Balaban J connectivity index is 2.09. The Morgan fingerprint density at radius 1 is 1.43 bits per heavy atom. The Bertz CT molecular complexity index is 498. The molecule has 1 saturated carbocycles. The maximum atomic E-state index is 5.80. The summed E-state index contributed by atoms with van der Waals surface area (Å²) in [6, 6.07) is 6.92. The van der Waals surface area contributed by atoms with Crippen molar-refractivity contribution >= 4 is 17.2 Å². The molecule has 0 heterocycles. The molecule has 0 amide bonds. The van der Waals surface area contributed by atoms with E-state index in [4.69, 9.17) is 22.7 Å². The average Bonchev–Trinajstić information content (AvgIpc) is 3.27. The summed E-state index contributed by atoms with van der Waals surface area (Å²) in [5.41, 5.74) is 7.89. The smallest absolute Gasteiger partial charge is 0.129 e. The van der Waals surface area contributed by atoms with Gasteiger partial charge in [-0.05, 0) is 49.4 Å². The number of benzene rings is 1. The lowest BCUT2D eigenvalue weighted by Gasteiger charge is -2.23. The van der Waals surface area contributed by atoms with Crippen LogP contribution in [0.15, 0.2) is 18.2 Å². The van der Waals surface area contributed by atoms with E-state index in [2.05, 4.69) is 30.9 Å². The minimum absolute atomic E-state index is 0.397. The quantitative estimate of drug-likeness (QED) is 0.748. The first kappa shape index (κ1) is 16.2. The van der Waals surface area contributed by atoms with Gasteiger partial charge >= 0.3 is 0 Å². The van der Waals surface area contributed by atoms with Crippen LogP contribution < -0.4 is 10.5 Å². The molecule has 0 bridgehead atoms. The van der Waals surface area contributed by atoms with E-state index < -0.39 is 0 Å². The molecular formula is C17H26N2OS. The predicted octanol–water partition coefficient (Wildman–Crippen LogP) is 3.34. The fourth-order valence-electron chi connectivity index (χ4n) is 2.53. The van der Waals surface area contributed by atoms with Crippen LogP contribution in [0.25, 0.3) is 0 Å². The molecule has 1 aliphatic carbocycles. The number of methoxy groups -OCH3 is 1.